The molecule has 2 unspecified atom stereocenters. The predicted octanol–water partition coefficient (Wildman–Crippen LogP) is 2.35. The van der Waals surface area contributed by atoms with E-state index in [0.29, 0.717) is 12.0 Å². The Bertz CT molecular complexity index is 739. The summed E-state index contributed by atoms with van der Waals surface area (Å²) in [4.78, 5) is 9.06. The SMILES string of the molecule is CCNC(=NCCC(C)c1ccc(OC)cc1)NC1CCc2ncnn2C1. The largest absolute Gasteiger partial charge is 0.497 e. The fraction of sp³-hybridized carbons (Fsp3) is 0.550. The Morgan fingerprint density at radius 1 is 1.37 bits per heavy atom. The Morgan fingerprint density at radius 3 is 2.93 bits per heavy atom. The van der Waals surface area contributed by atoms with Gasteiger partial charge in [-0.25, -0.2) is 9.67 Å². The van der Waals surface area contributed by atoms with Gasteiger partial charge < -0.3 is 15.4 Å². The van der Waals surface area contributed by atoms with Crippen LogP contribution in [0.2, 0.25) is 0 Å². The predicted molar refractivity (Wildman–Crippen MR) is 107 cm³/mol. The number of aryl methyl sites for hydroxylation is 1. The first kappa shape index (κ1) is 19.2. The second-order valence-electron chi connectivity index (χ2n) is 6.96. The molecule has 1 aromatic carbocycles. The number of benzene rings is 1. The second kappa shape index (κ2) is 9.39. The highest BCUT2D eigenvalue weighted by molar-refractivity contribution is 5.80. The molecule has 2 heterocycles. The molecule has 0 aliphatic carbocycles. The maximum atomic E-state index is 5.23. The van der Waals surface area contributed by atoms with Gasteiger partial charge in [0.25, 0.3) is 0 Å². The number of guanidine groups is 1. The van der Waals surface area contributed by atoms with Crippen molar-refractivity contribution in [3.05, 3.63) is 42.0 Å². The van der Waals surface area contributed by atoms with Gasteiger partial charge in [0.1, 0.15) is 17.9 Å². The number of methoxy groups -OCH3 is 1. The number of aliphatic imine (C=N–C) groups is 1. The Hall–Kier alpha value is -2.57. The van der Waals surface area contributed by atoms with Crippen LogP contribution in [-0.2, 0) is 13.0 Å². The lowest BCUT2D eigenvalue weighted by Gasteiger charge is -2.25. The van der Waals surface area contributed by atoms with Crippen LogP contribution in [-0.4, -0.2) is 47.0 Å². The van der Waals surface area contributed by atoms with Crippen LogP contribution in [0.15, 0.2) is 35.6 Å². The van der Waals surface area contributed by atoms with E-state index in [0.717, 1.165) is 56.4 Å². The van der Waals surface area contributed by atoms with Crippen molar-refractivity contribution in [1.29, 1.82) is 0 Å². The van der Waals surface area contributed by atoms with Crippen molar-refractivity contribution >= 4 is 5.96 Å². The lowest BCUT2D eigenvalue weighted by atomic mass is 9.98. The van der Waals surface area contributed by atoms with E-state index in [9.17, 15) is 0 Å². The summed E-state index contributed by atoms with van der Waals surface area (Å²) in [6.07, 6.45) is 4.63. The molecular weight excluding hydrogens is 340 g/mol. The van der Waals surface area contributed by atoms with E-state index < -0.39 is 0 Å². The number of rotatable bonds is 7. The van der Waals surface area contributed by atoms with Crippen molar-refractivity contribution in [2.75, 3.05) is 20.2 Å². The molecule has 7 nitrogen and oxygen atoms in total. The average Bonchev–Trinajstić information content (AvgIpc) is 3.16. The summed E-state index contributed by atoms with van der Waals surface area (Å²) in [5.74, 6) is 3.30. The summed E-state index contributed by atoms with van der Waals surface area (Å²) in [6, 6.07) is 8.63. The summed E-state index contributed by atoms with van der Waals surface area (Å²) >= 11 is 0. The first-order valence-corrected chi connectivity index (χ1v) is 9.75. The monoisotopic (exact) mass is 370 g/mol. The van der Waals surface area contributed by atoms with Crippen LogP contribution in [0, 0.1) is 0 Å². The van der Waals surface area contributed by atoms with E-state index in [-0.39, 0.29) is 0 Å². The van der Waals surface area contributed by atoms with Crippen molar-refractivity contribution in [1.82, 2.24) is 25.4 Å². The van der Waals surface area contributed by atoms with Gasteiger partial charge in [0.05, 0.1) is 13.7 Å². The van der Waals surface area contributed by atoms with Crippen molar-refractivity contribution in [3.8, 4) is 5.75 Å². The van der Waals surface area contributed by atoms with Crippen molar-refractivity contribution in [3.63, 3.8) is 0 Å². The first-order valence-electron chi connectivity index (χ1n) is 9.75. The van der Waals surface area contributed by atoms with Gasteiger partial charge in [0.15, 0.2) is 5.96 Å². The van der Waals surface area contributed by atoms with E-state index in [4.69, 9.17) is 9.73 Å². The van der Waals surface area contributed by atoms with Gasteiger partial charge in [0.2, 0.25) is 0 Å². The third kappa shape index (κ3) is 5.21. The molecule has 2 atom stereocenters. The zero-order chi connectivity index (χ0) is 19.1. The summed E-state index contributed by atoms with van der Waals surface area (Å²) in [5, 5.41) is 11.2. The number of aromatic nitrogens is 3. The lowest BCUT2D eigenvalue weighted by Crippen LogP contribution is -2.47. The first-order chi connectivity index (χ1) is 13.2. The van der Waals surface area contributed by atoms with Crippen LogP contribution in [0.5, 0.6) is 5.75 Å². The number of fused-ring (bicyclic) bond motifs is 1. The van der Waals surface area contributed by atoms with Gasteiger partial charge >= 0.3 is 0 Å². The van der Waals surface area contributed by atoms with Crippen LogP contribution >= 0.6 is 0 Å². The normalized spacial score (nSPS) is 17.9. The Balaban J connectivity index is 1.52. The van der Waals surface area contributed by atoms with Crippen LogP contribution < -0.4 is 15.4 Å². The summed E-state index contributed by atoms with van der Waals surface area (Å²) < 4.78 is 7.21. The molecule has 0 bridgehead atoms. The molecular formula is C20H30N6O. The topological polar surface area (TPSA) is 76.4 Å². The molecule has 0 spiro atoms. The van der Waals surface area contributed by atoms with Crippen LogP contribution in [0.1, 0.15) is 44.0 Å². The van der Waals surface area contributed by atoms with E-state index >= 15 is 0 Å². The fourth-order valence-electron chi connectivity index (χ4n) is 3.34. The lowest BCUT2D eigenvalue weighted by molar-refractivity contribution is 0.392. The zero-order valence-electron chi connectivity index (χ0n) is 16.5. The van der Waals surface area contributed by atoms with E-state index in [1.165, 1.54) is 5.56 Å². The molecule has 0 radical (unpaired) electrons. The molecule has 2 N–H and O–H groups in total. The van der Waals surface area contributed by atoms with Gasteiger partial charge in [-0.15, -0.1) is 0 Å². The summed E-state index contributed by atoms with van der Waals surface area (Å²) in [5.41, 5.74) is 1.31. The highest BCUT2D eigenvalue weighted by atomic mass is 16.5. The molecule has 146 valence electrons. The van der Waals surface area contributed by atoms with Crippen LogP contribution in [0.3, 0.4) is 0 Å². The van der Waals surface area contributed by atoms with E-state index in [1.807, 2.05) is 16.8 Å². The molecule has 27 heavy (non-hydrogen) atoms. The molecule has 0 fully saturated rings. The van der Waals surface area contributed by atoms with Gasteiger partial charge in [-0.1, -0.05) is 19.1 Å². The number of hydrogen-bond donors (Lipinski definition) is 2. The summed E-state index contributed by atoms with van der Waals surface area (Å²) in [6.45, 7) is 6.80. The molecule has 0 saturated carbocycles. The third-order valence-corrected chi connectivity index (χ3v) is 5.01. The molecule has 1 aliphatic heterocycles. The van der Waals surface area contributed by atoms with E-state index in [2.05, 4.69) is 46.7 Å². The fourth-order valence-corrected chi connectivity index (χ4v) is 3.34. The Morgan fingerprint density at radius 2 is 2.19 bits per heavy atom. The Kier molecular flexibility index (Phi) is 6.68. The molecule has 7 heteroatoms. The van der Waals surface area contributed by atoms with Gasteiger partial charge in [-0.3, -0.25) is 4.99 Å². The smallest absolute Gasteiger partial charge is 0.191 e. The van der Waals surface area contributed by atoms with Crippen molar-refractivity contribution in [2.45, 2.75) is 51.6 Å². The minimum absolute atomic E-state index is 0.330. The van der Waals surface area contributed by atoms with Crippen LogP contribution in [0.4, 0.5) is 0 Å². The third-order valence-electron chi connectivity index (χ3n) is 5.01. The number of hydrogen-bond acceptors (Lipinski definition) is 4. The quantitative estimate of drug-likeness (QED) is 0.578. The molecule has 2 aromatic rings. The maximum Gasteiger partial charge on any atom is 0.191 e. The zero-order valence-corrected chi connectivity index (χ0v) is 16.5. The minimum Gasteiger partial charge on any atom is -0.497 e. The molecule has 1 aromatic heterocycles. The number of nitrogens with zero attached hydrogens (tertiary/aromatic N) is 4. The van der Waals surface area contributed by atoms with Gasteiger partial charge in [-0.2, -0.15) is 5.10 Å². The Labute approximate surface area is 161 Å². The van der Waals surface area contributed by atoms with Gasteiger partial charge in [0, 0.05) is 25.6 Å². The molecule has 3 rings (SSSR count). The second-order valence-corrected chi connectivity index (χ2v) is 6.96. The van der Waals surface area contributed by atoms with Crippen molar-refractivity contribution < 1.29 is 4.74 Å². The number of ether oxygens (including phenoxy) is 1. The highest BCUT2D eigenvalue weighted by Crippen LogP contribution is 2.21. The maximum absolute atomic E-state index is 5.23. The summed E-state index contributed by atoms with van der Waals surface area (Å²) in [7, 11) is 1.69. The molecule has 0 saturated heterocycles. The number of nitrogens with one attached hydrogen (secondary N) is 2. The van der Waals surface area contributed by atoms with Crippen LogP contribution in [0.25, 0.3) is 0 Å². The molecule has 0 amide bonds. The van der Waals surface area contributed by atoms with Gasteiger partial charge in [-0.05, 0) is 43.4 Å². The highest BCUT2D eigenvalue weighted by Gasteiger charge is 2.20. The van der Waals surface area contributed by atoms with E-state index in [1.54, 1.807) is 13.4 Å². The molecule has 1 aliphatic rings. The average molecular weight is 371 g/mol. The minimum atomic E-state index is 0.330. The standard InChI is InChI=1S/C20H30N6O/c1-4-21-20(25-17-7-10-19-23-14-24-26(19)13-17)22-12-11-15(2)16-5-8-18(27-3)9-6-16/h5-6,8-9,14-15,17H,4,7,10-13H2,1-3H3,(H2,21,22,25). The van der Waals surface area contributed by atoms with Crippen molar-refractivity contribution in [2.24, 2.45) is 4.99 Å².